The SMILES string of the molecule is CSc1ccccc1C(=O)N1CCN(c2nccn2-c2ccc(C)cc2)CC1. The van der Waals surface area contributed by atoms with Gasteiger partial charge in [0.05, 0.1) is 5.56 Å². The first kappa shape index (κ1) is 18.6. The first-order valence-corrected chi connectivity index (χ1v) is 10.7. The Bertz CT molecular complexity index is 959. The molecule has 0 saturated carbocycles. The van der Waals surface area contributed by atoms with Crippen molar-refractivity contribution >= 4 is 23.6 Å². The Morgan fingerprint density at radius 3 is 2.43 bits per heavy atom. The number of aryl methyl sites for hydroxylation is 1. The fourth-order valence-electron chi connectivity index (χ4n) is 3.54. The fraction of sp³-hybridized carbons (Fsp3) is 0.273. The van der Waals surface area contributed by atoms with E-state index in [2.05, 4.69) is 45.6 Å². The van der Waals surface area contributed by atoms with Crippen molar-refractivity contribution in [2.75, 3.05) is 37.3 Å². The highest BCUT2D eigenvalue weighted by Gasteiger charge is 2.25. The monoisotopic (exact) mass is 392 g/mol. The predicted octanol–water partition coefficient (Wildman–Crippen LogP) is 3.87. The zero-order valence-corrected chi connectivity index (χ0v) is 17.0. The molecule has 5 nitrogen and oxygen atoms in total. The van der Waals surface area contributed by atoms with Gasteiger partial charge in [-0.1, -0.05) is 29.8 Å². The van der Waals surface area contributed by atoms with Crippen LogP contribution in [0.5, 0.6) is 0 Å². The molecule has 0 spiro atoms. The van der Waals surface area contributed by atoms with E-state index in [1.807, 2.05) is 47.8 Å². The Morgan fingerprint density at radius 2 is 1.71 bits per heavy atom. The summed E-state index contributed by atoms with van der Waals surface area (Å²) < 4.78 is 2.11. The lowest BCUT2D eigenvalue weighted by atomic mass is 10.2. The second kappa shape index (κ2) is 8.10. The van der Waals surface area contributed by atoms with Crippen molar-refractivity contribution in [1.29, 1.82) is 0 Å². The Hall–Kier alpha value is -2.73. The molecule has 0 atom stereocenters. The molecule has 3 aromatic rings. The smallest absolute Gasteiger partial charge is 0.255 e. The van der Waals surface area contributed by atoms with Crippen molar-refractivity contribution in [1.82, 2.24) is 14.5 Å². The third kappa shape index (κ3) is 3.64. The number of carbonyl (C=O) groups excluding carboxylic acids is 1. The molecule has 0 unspecified atom stereocenters. The number of aromatic nitrogens is 2. The molecule has 1 aliphatic rings. The summed E-state index contributed by atoms with van der Waals surface area (Å²) in [4.78, 5) is 22.8. The number of thioether (sulfide) groups is 1. The van der Waals surface area contributed by atoms with Crippen molar-refractivity contribution in [3.63, 3.8) is 0 Å². The number of hydrogen-bond acceptors (Lipinski definition) is 4. The van der Waals surface area contributed by atoms with Gasteiger partial charge in [0.15, 0.2) is 0 Å². The van der Waals surface area contributed by atoms with Crippen LogP contribution in [-0.4, -0.2) is 52.8 Å². The van der Waals surface area contributed by atoms with Gasteiger partial charge in [0.1, 0.15) is 0 Å². The van der Waals surface area contributed by atoms with Crippen molar-refractivity contribution in [3.8, 4) is 5.69 Å². The number of nitrogens with zero attached hydrogens (tertiary/aromatic N) is 4. The molecule has 28 heavy (non-hydrogen) atoms. The van der Waals surface area contributed by atoms with Gasteiger partial charge < -0.3 is 9.80 Å². The van der Waals surface area contributed by atoms with E-state index in [1.54, 1.807) is 11.8 Å². The topological polar surface area (TPSA) is 41.4 Å². The highest BCUT2D eigenvalue weighted by Crippen LogP contribution is 2.24. The maximum absolute atomic E-state index is 13.0. The average Bonchev–Trinajstić information content (AvgIpc) is 3.23. The molecule has 1 fully saturated rings. The zero-order chi connectivity index (χ0) is 19.5. The third-order valence-corrected chi connectivity index (χ3v) is 5.92. The number of benzene rings is 2. The van der Waals surface area contributed by atoms with Crippen molar-refractivity contribution in [2.24, 2.45) is 0 Å². The quantitative estimate of drug-likeness (QED) is 0.632. The first-order chi connectivity index (χ1) is 13.7. The summed E-state index contributed by atoms with van der Waals surface area (Å²) in [5.41, 5.74) is 3.14. The normalized spacial score (nSPS) is 14.4. The van der Waals surface area contributed by atoms with E-state index in [0.29, 0.717) is 13.1 Å². The van der Waals surface area contributed by atoms with Crippen LogP contribution in [0.3, 0.4) is 0 Å². The lowest BCUT2D eigenvalue weighted by Gasteiger charge is -2.35. The van der Waals surface area contributed by atoms with Crippen LogP contribution < -0.4 is 4.90 Å². The summed E-state index contributed by atoms with van der Waals surface area (Å²) in [6.07, 6.45) is 5.84. The summed E-state index contributed by atoms with van der Waals surface area (Å²) in [7, 11) is 0. The Morgan fingerprint density at radius 1 is 1.00 bits per heavy atom. The molecule has 1 aromatic heterocycles. The van der Waals surface area contributed by atoms with Crippen molar-refractivity contribution < 1.29 is 4.79 Å². The summed E-state index contributed by atoms with van der Waals surface area (Å²) in [6, 6.07) is 16.3. The van der Waals surface area contributed by atoms with Gasteiger partial charge in [-0.15, -0.1) is 11.8 Å². The number of imidazole rings is 1. The molecular formula is C22H24N4OS. The molecule has 144 valence electrons. The molecule has 2 aromatic carbocycles. The Kier molecular flexibility index (Phi) is 5.39. The molecule has 0 N–H and O–H groups in total. The van der Waals surface area contributed by atoms with Crippen molar-refractivity contribution in [3.05, 3.63) is 72.1 Å². The summed E-state index contributed by atoms with van der Waals surface area (Å²) in [5, 5.41) is 0. The van der Waals surface area contributed by atoms with E-state index in [1.165, 1.54) is 5.56 Å². The minimum Gasteiger partial charge on any atom is -0.338 e. The van der Waals surface area contributed by atoms with E-state index in [-0.39, 0.29) is 5.91 Å². The second-order valence-electron chi connectivity index (χ2n) is 6.91. The maximum atomic E-state index is 13.0. The van der Waals surface area contributed by atoms with Gasteiger partial charge in [-0.05, 0) is 37.4 Å². The average molecular weight is 393 g/mol. The number of anilines is 1. The number of amides is 1. The molecule has 0 bridgehead atoms. The highest BCUT2D eigenvalue weighted by molar-refractivity contribution is 7.98. The van der Waals surface area contributed by atoms with Crippen LogP contribution in [0, 0.1) is 6.92 Å². The predicted molar refractivity (Wildman–Crippen MR) is 115 cm³/mol. The van der Waals surface area contributed by atoms with Crippen LogP contribution in [0.2, 0.25) is 0 Å². The first-order valence-electron chi connectivity index (χ1n) is 9.45. The molecule has 0 radical (unpaired) electrons. The lowest BCUT2D eigenvalue weighted by molar-refractivity contribution is 0.0742. The van der Waals surface area contributed by atoms with Gasteiger partial charge >= 0.3 is 0 Å². The minimum absolute atomic E-state index is 0.117. The van der Waals surface area contributed by atoms with Gasteiger partial charge in [-0.2, -0.15) is 0 Å². The van der Waals surface area contributed by atoms with E-state index in [0.717, 1.165) is 35.2 Å². The molecule has 1 saturated heterocycles. The zero-order valence-electron chi connectivity index (χ0n) is 16.2. The summed E-state index contributed by atoms with van der Waals surface area (Å²) >= 11 is 1.62. The largest absolute Gasteiger partial charge is 0.338 e. The van der Waals surface area contributed by atoms with Crippen LogP contribution in [-0.2, 0) is 0 Å². The summed E-state index contributed by atoms with van der Waals surface area (Å²) in [5.74, 6) is 1.05. The van der Waals surface area contributed by atoms with Crippen LogP contribution >= 0.6 is 11.8 Å². The van der Waals surface area contributed by atoms with E-state index >= 15 is 0 Å². The molecule has 1 aliphatic heterocycles. The molecule has 6 heteroatoms. The van der Waals surface area contributed by atoms with Crippen LogP contribution in [0.25, 0.3) is 5.69 Å². The minimum atomic E-state index is 0.117. The third-order valence-electron chi connectivity index (χ3n) is 5.12. The van der Waals surface area contributed by atoms with Crippen LogP contribution in [0.1, 0.15) is 15.9 Å². The number of rotatable bonds is 4. The molecule has 2 heterocycles. The van der Waals surface area contributed by atoms with E-state index in [4.69, 9.17) is 0 Å². The second-order valence-corrected chi connectivity index (χ2v) is 7.76. The molecule has 0 aliphatic carbocycles. The van der Waals surface area contributed by atoms with Crippen molar-refractivity contribution in [2.45, 2.75) is 11.8 Å². The fourth-order valence-corrected chi connectivity index (χ4v) is 4.13. The Balaban J connectivity index is 1.47. The van der Waals surface area contributed by atoms with E-state index in [9.17, 15) is 4.79 Å². The van der Waals surface area contributed by atoms with Gasteiger partial charge in [-0.25, -0.2) is 4.98 Å². The lowest BCUT2D eigenvalue weighted by Crippen LogP contribution is -2.49. The van der Waals surface area contributed by atoms with Crippen LogP contribution in [0.4, 0.5) is 5.95 Å². The molecular weight excluding hydrogens is 368 g/mol. The number of hydrogen-bond donors (Lipinski definition) is 0. The number of piperazine rings is 1. The van der Waals surface area contributed by atoms with Gasteiger partial charge in [0.2, 0.25) is 5.95 Å². The van der Waals surface area contributed by atoms with Gasteiger partial charge in [-0.3, -0.25) is 9.36 Å². The highest BCUT2D eigenvalue weighted by atomic mass is 32.2. The van der Waals surface area contributed by atoms with E-state index < -0.39 is 0 Å². The maximum Gasteiger partial charge on any atom is 0.255 e. The molecule has 1 amide bonds. The Labute approximate surface area is 170 Å². The standard InChI is InChI=1S/C22H24N4OS/c1-17-7-9-18(10-8-17)26-12-11-23-22(26)25-15-13-24(14-16-25)21(27)19-5-3-4-6-20(19)28-2/h3-12H,13-16H2,1-2H3. The van der Waals surface area contributed by atoms with Gasteiger partial charge in [0, 0.05) is 49.2 Å². The van der Waals surface area contributed by atoms with Crippen LogP contribution in [0.15, 0.2) is 65.8 Å². The number of carbonyl (C=O) groups is 1. The van der Waals surface area contributed by atoms with Gasteiger partial charge in [0.25, 0.3) is 5.91 Å². The molecule has 4 rings (SSSR count). The summed E-state index contributed by atoms with van der Waals surface area (Å²) in [6.45, 7) is 5.03.